The summed E-state index contributed by atoms with van der Waals surface area (Å²) in [6.07, 6.45) is 1.02. The highest BCUT2D eigenvalue weighted by Gasteiger charge is 2.38. The van der Waals surface area contributed by atoms with Crippen molar-refractivity contribution in [2.75, 3.05) is 12.4 Å². The van der Waals surface area contributed by atoms with Gasteiger partial charge in [0.2, 0.25) is 0 Å². The van der Waals surface area contributed by atoms with Gasteiger partial charge in [-0.1, -0.05) is 41.9 Å². The van der Waals surface area contributed by atoms with Gasteiger partial charge in [-0.25, -0.2) is 4.99 Å². The highest BCUT2D eigenvalue weighted by molar-refractivity contribution is 14.0. The Hall–Kier alpha value is -1.31. The van der Waals surface area contributed by atoms with Crippen LogP contribution in [0, 0.1) is 0 Å². The molecule has 0 radical (unpaired) electrons. The SMILES string of the molecule is COCc1ccccc1NC(N)=N[C@@H]1C[C@H]1c1ccc(Cl)cc1.I. The van der Waals surface area contributed by atoms with Crippen molar-refractivity contribution in [2.45, 2.75) is 25.0 Å². The smallest absolute Gasteiger partial charge is 0.193 e. The Balaban J connectivity index is 0.00000208. The summed E-state index contributed by atoms with van der Waals surface area (Å²) >= 11 is 5.92. The van der Waals surface area contributed by atoms with Crippen LogP contribution in [0.25, 0.3) is 0 Å². The molecule has 3 rings (SSSR count). The van der Waals surface area contributed by atoms with Crippen LogP contribution in [-0.2, 0) is 11.3 Å². The number of benzene rings is 2. The Morgan fingerprint density at radius 2 is 1.96 bits per heavy atom. The van der Waals surface area contributed by atoms with Gasteiger partial charge < -0.3 is 15.8 Å². The molecule has 2 atom stereocenters. The molecule has 0 saturated heterocycles. The van der Waals surface area contributed by atoms with Crippen molar-refractivity contribution in [3.63, 3.8) is 0 Å². The number of rotatable bonds is 5. The van der Waals surface area contributed by atoms with Gasteiger partial charge >= 0.3 is 0 Å². The van der Waals surface area contributed by atoms with Gasteiger partial charge in [0.15, 0.2) is 5.96 Å². The van der Waals surface area contributed by atoms with E-state index in [2.05, 4.69) is 22.4 Å². The van der Waals surface area contributed by atoms with Gasteiger partial charge in [-0.15, -0.1) is 24.0 Å². The summed E-state index contributed by atoms with van der Waals surface area (Å²) in [4.78, 5) is 4.57. The normalized spacial score (nSPS) is 19.5. The molecule has 0 aromatic heterocycles. The molecule has 128 valence electrons. The van der Waals surface area contributed by atoms with Crippen LogP contribution in [0.5, 0.6) is 0 Å². The number of anilines is 1. The summed E-state index contributed by atoms with van der Waals surface area (Å²) in [5.41, 5.74) is 9.30. The fourth-order valence-electron chi connectivity index (χ4n) is 2.67. The van der Waals surface area contributed by atoms with Crippen molar-refractivity contribution >= 4 is 47.2 Å². The fraction of sp³-hybridized carbons (Fsp3) is 0.278. The number of nitrogens with one attached hydrogen (secondary N) is 1. The number of methoxy groups -OCH3 is 1. The molecule has 6 heteroatoms. The number of ether oxygens (including phenoxy) is 1. The molecule has 1 aliphatic rings. The maximum atomic E-state index is 6.05. The molecule has 0 aliphatic heterocycles. The maximum absolute atomic E-state index is 6.05. The Morgan fingerprint density at radius 3 is 2.67 bits per heavy atom. The van der Waals surface area contributed by atoms with Crippen LogP contribution in [0.1, 0.15) is 23.5 Å². The summed E-state index contributed by atoms with van der Waals surface area (Å²) in [6.45, 7) is 0.535. The molecule has 24 heavy (non-hydrogen) atoms. The molecule has 1 aliphatic carbocycles. The Morgan fingerprint density at radius 1 is 1.25 bits per heavy atom. The largest absolute Gasteiger partial charge is 0.380 e. The average Bonchev–Trinajstić information content (AvgIpc) is 3.29. The molecule has 1 fully saturated rings. The minimum atomic E-state index is 0. The molecule has 0 unspecified atom stereocenters. The summed E-state index contributed by atoms with van der Waals surface area (Å²) in [7, 11) is 1.68. The van der Waals surface area contributed by atoms with E-state index in [1.165, 1.54) is 5.56 Å². The lowest BCUT2D eigenvalue weighted by Crippen LogP contribution is -2.24. The van der Waals surface area contributed by atoms with Crippen molar-refractivity contribution in [2.24, 2.45) is 10.7 Å². The number of hydrogen-bond donors (Lipinski definition) is 2. The van der Waals surface area contributed by atoms with Crippen molar-refractivity contribution in [3.05, 3.63) is 64.7 Å². The summed E-state index contributed by atoms with van der Waals surface area (Å²) < 4.78 is 5.20. The van der Waals surface area contributed by atoms with E-state index in [1.807, 2.05) is 36.4 Å². The lowest BCUT2D eigenvalue weighted by Gasteiger charge is -2.10. The van der Waals surface area contributed by atoms with Crippen LogP contribution in [0.3, 0.4) is 0 Å². The van der Waals surface area contributed by atoms with E-state index in [0.29, 0.717) is 18.5 Å². The number of hydrogen-bond acceptors (Lipinski definition) is 2. The maximum Gasteiger partial charge on any atom is 0.193 e. The predicted octanol–water partition coefficient (Wildman–Crippen LogP) is 4.39. The minimum absolute atomic E-state index is 0. The Labute approximate surface area is 164 Å². The first-order valence-corrected chi connectivity index (χ1v) is 7.98. The zero-order valence-electron chi connectivity index (χ0n) is 13.4. The van der Waals surface area contributed by atoms with Crippen LogP contribution in [0.15, 0.2) is 53.5 Å². The van der Waals surface area contributed by atoms with Gasteiger partial charge in [0, 0.05) is 29.3 Å². The van der Waals surface area contributed by atoms with Crippen LogP contribution in [-0.4, -0.2) is 19.1 Å². The van der Waals surface area contributed by atoms with Crippen molar-refractivity contribution < 1.29 is 4.74 Å². The van der Waals surface area contributed by atoms with Crippen LogP contribution >= 0.6 is 35.6 Å². The highest BCUT2D eigenvalue weighted by atomic mass is 127. The van der Waals surface area contributed by atoms with E-state index in [1.54, 1.807) is 7.11 Å². The molecule has 3 N–H and O–H groups in total. The van der Waals surface area contributed by atoms with E-state index < -0.39 is 0 Å². The monoisotopic (exact) mass is 457 g/mol. The van der Waals surface area contributed by atoms with Crippen molar-refractivity contribution in [1.29, 1.82) is 0 Å². The first-order valence-electron chi connectivity index (χ1n) is 7.60. The number of aliphatic imine (C=N–C) groups is 1. The van der Waals surface area contributed by atoms with E-state index in [4.69, 9.17) is 22.1 Å². The fourth-order valence-corrected chi connectivity index (χ4v) is 2.79. The molecule has 0 amide bonds. The molecule has 0 spiro atoms. The number of halogens is 2. The number of nitrogens with two attached hydrogens (primary N) is 1. The zero-order valence-corrected chi connectivity index (χ0v) is 16.5. The summed E-state index contributed by atoms with van der Waals surface area (Å²) in [5.74, 6) is 0.872. The molecule has 4 nitrogen and oxygen atoms in total. The minimum Gasteiger partial charge on any atom is -0.380 e. The number of para-hydroxylation sites is 1. The molecule has 1 saturated carbocycles. The second-order valence-corrected chi connectivity index (χ2v) is 6.13. The number of guanidine groups is 1. The van der Waals surface area contributed by atoms with E-state index in [0.717, 1.165) is 22.7 Å². The zero-order chi connectivity index (χ0) is 16.2. The Bertz CT molecular complexity index is 706. The third-order valence-electron chi connectivity index (χ3n) is 3.94. The van der Waals surface area contributed by atoms with Crippen LogP contribution in [0.2, 0.25) is 5.02 Å². The third kappa shape index (κ3) is 4.84. The highest BCUT2D eigenvalue weighted by Crippen LogP contribution is 2.43. The topological polar surface area (TPSA) is 59.6 Å². The van der Waals surface area contributed by atoms with Gasteiger partial charge in [0.05, 0.1) is 12.6 Å². The Kier molecular flexibility index (Phi) is 6.89. The lowest BCUT2D eigenvalue weighted by molar-refractivity contribution is 0.185. The van der Waals surface area contributed by atoms with Crippen molar-refractivity contribution in [3.8, 4) is 0 Å². The predicted molar refractivity (Wildman–Crippen MR) is 110 cm³/mol. The quantitative estimate of drug-likeness (QED) is 0.398. The second kappa shape index (κ2) is 8.69. The van der Waals surface area contributed by atoms with Gasteiger partial charge in [0.1, 0.15) is 0 Å². The molecule has 2 aromatic carbocycles. The first kappa shape index (κ1) is 19.0. The van der Waals surface area contributed by atoms with E-state index >= 15 is 0 Å². The van der Waals surface area contributed by atoms with Crippen molar-refractivity contribution in [1.82, 2.24) is 0 Å². The van der Waals surface area contributed by atoms with E-state index in [9.17, 15) is 0 Å². The first-order chi connectivity index (χ1) is 11.2. The lowest BCUT2D eigenvalue weighted by atomic mass is 10.1. The van der Waals surface area contributed by atoms with E-state index in [-0.39, 0.29) is 30.0 Å². The standard InChI is InChI=1S/C18H20ClN3O.HI/c1-23-11-13-4-2-3-5-16(13)21-18(20)22-17-10-15(17)12-6-8-14(19)9-7-12;/h2-9,15,17H,10-11H2,1H3,(H3,20,21,22);1H/t15-,17+;/m0./s1. The molecule has 2 aromatic rings. The third-order valence-corrected chi connectivity index (χ3v) is 4.19. The molecular formula is C18H21ClIN3O. The molecular weight excluding hydrogens is 437 g/mol. The van der Waals surface area contributed by atoms with Crippen LogP contribution in [0.4, 0.5) is 5.69 Å². The summed E-state index contributed by atoms with van der Waals surface area (Å²) in [5, 5.41) is 3.93. The second-order valence-electron chi connectivity index (χ2n) is 5.69. The van der Waals surface area contributed by atoms with Gasteiger partial charge in [-0.2, -0.15) is 0 Å². The van der Waals surface area contributed by atoms with Gasteiger partial charge in [-0.3, -0.25) is 0 Å². The van der Waals surface area contributed by atoms with Crippen LogP contribution < -0.4 is 11.1 Å². The molecule has 0 bridgehead atoms. The summed E-state index contributed by atoms with van der Waals surface area (Å²) in [6, 6.07) is 16.1. The average molecular weight is 458 g/mol. The van der Waals surface area contributed by atoms with Gasteiger partial charge in [0.25, 0.3) is 0 Å². The van der Waals surface area contributed by atoms with Gasteiger partial charge in [-0.05, 0) is 30.2 Å². The number of nitrogens with zero attached hydrogens (tertiary/aromatic N) is 1. The molecule has 0 heterocycles.